The molecule has 1 heterocycles. The molecule has 1 amide bonds. The third-order valence-electron chi connectivity index (χ3n) is 3.30. The highest BCUT2D eigenvalue weighted by Gasteiger charge is 2.13. The van der Waals surface area contributed by atoms with Gasteiger partial charge in [0.05, 0.1) is 6.54 Å². The molecule has 1 aromatic carbocycles. The van der Waals surface area contributed by atoms with Crippen molar-refractivity contribution in [2.45, 2.75) is 25.4 Å². The zero-order valence-electron chi connectivity index (χ0n) is 11.7. The maximum Gasteiger partial charge on any atom is 0.222 e. The van der Waals surface area contributed by atoms with Crippen LogP contribution in [0.25, 0.3) is 0 Å². The van der Waals surface area contributed by atoms with E-state index in [0.29, 0.717) is 19.4 Å². The van der Waals surface area contributed by atoms with Gasteiger partial charge in [-0.15, -0.1) is 11.3 Å². The van der Waals surface area contributed by atoms with Crippen molar-refractivity contribution in [3.8, 4) is 0 Å². The number of benzene rings is 1. The molecular formula is C16H20N2OS. The zero-order valence-corrected chi connectivity index (χ0v) is 12.5. The summed E-state index contributed by atoms with van der Waals surface area (Å²) in [5, 5.41) is 2.03. The van der Waals surface area contributed by atoms with Crippen molar-refractivity contribution in [3.05, 3.63) is 58.3 Å². The first-order chi connectivity index (χ1) is 9.66. The lowest BCUT2D eigenvalue weighted by Crippen LogP contribution is -2.26. The predicted molar refractivity (Wildman–Crippen MR) is 83.4 cm³/mol. The lowest BCUT2D eigenvalue weighted by atomic mass is 10.0. The van der Waals surface area contributed by atoms with Crippen molar-refractivity contribution >= 4 is 17.2 Å². The van der Waals surface area contributed by atoms with E-state index in [2.05, 4.69) is 0 Å². The second-order valence-corrected chi connectivity index (χ2v) is 5.92. The van der Waals surface area contributed by atoms with Crippen molar-refractivity contribution in [2.75, 3.05) is 7.05 Å². The number of carbonyl (C=O) groups is 1. The van der Waals surface area contributed by atoms with Crippen LogP contribution in [0.5, 0.6) is 0 Å². The molecule has 0 fully saturated rings. The smallest absolute Gasteiger partial charge is 0.222 e. The standard InChI is InChI=1S/C16H20N2OS/c1-18(12-14-8-5-11-20-14)16(19)10-9-15(17)13-6-3-2-4-7-13/h2-8,11,15H,9-10,12,17H2,1H3/t15-/m1/s1. The fourth-order valence-corrected chi connectivity index (χ4v) is 2.82. The molecule has 0 bridgehead atoms. The largest absolute Gasteiger partial charge is 0.341 e. The third-order valence-corrected chi connectivity index (χ3v) is 4.16. The average Bonchev–Trinajstić information content (AvgIpc) is 2.98. The highest BCUT2D eigenvalue weighted by Crippen LogP contribution is 2.17. The van der Waals surface area contributed by atoms with Gasteiger partial charge in [-0.2, -0.15) is 0 Å². The number of nitrogens with two attached hydrogens (primary N) is 1. The normalized spacial score (nSPS) is 12.1. The lowest BCUT2D eigenvalue weighted by molar-refractivity contribution is -0.130. The van der Waals surface area contributed by atoms with Gasteiger partial charge in [0.2, 0.25) is 5.91 Å². The van der Waals surface area contributed by atoms with Gasteiger partial charge in [-0.3, -0.25) is 4.79 Å². The van der Waals surface area contributed by atoms with Gasteiger partial charge in [-0.05, 0) is 23.4 Å². The van der Waals surface area contributed by atoms with E-state index in [1.165, 1.54) is 4.88 Å². The Bertz CT molecular complexity index is 525. The Balaban J connectivity index is 1.80. The van der Waals surface area contributed by atoms with Gasteiger partial charge in [-0.25, -0.2) is 0 Å². The molecule has 0 aliphatic rings. The number of hydrogen-bond acceptors (Lipinski definition) is 3. The summed E-state index contributed by atoms with van der Waals surface area (Å²) >= 11 is 1.67. The molecule has 20 heavy (non-hydrogen) atoms. The molecule has 0 unspecified atom stereocenters. The van der Waals surface area contributed by atoms with E-state index in [1.54, 1.807) is 16.2 Å². The van der Waals surface area contributed by atoms with Gasteiger partial charge in [0.25, 0.3) is 0 Å². The topological polar surface area (TPSA) is 46.3 Å². The predicted octanol–water partition coefficient (Wildman–Crippen LogP) is 3.19. The average molecular weight is 288 g/mol. The van der Waals surface area contributed by atoms with Crippen LogP contribution in [0.3, 0.4) is 0 Å². The van der Waals surface area contributed by atoms with Gasteiger partial charge in [0.15, 0.2) is 0 Å². The van der Waals surface area contributed by atoms with Gasteiger partial charge >= 0.3 is 0 Å². The summed E-state index contributed by atoms with van der Waals surface area (Å²) < 4.78 is 0. The third kappa shape index (κ3) is 4.18. The van der Waals surface area contributed by atoms with E-state index in [0.717, 1.165) is 5.56 Å². The minimum atomic E-state index is -0.0738. The SMILES string of the molecule is CN(Cc1cccs1)C(=O)CC[C@@H](N)c1ccccc1. The molecule has 106 valence electrons. The van der Waals surface area contributed by atoms with E-state index in [-0.39, 0.29) is 11.9 Å². The fourth-order valence-electron chi connectivity index (χ4n) is 2.06. The molecule has 0 saturated heterocycles. The van der Waals surface area contributed by atoms with Crippen LogP contribution in [0.1, 0.15) is 29.3 Å². The minimum absolute atomic E-state index is 0.0738. The number of carbonyl (C=O) groups excluding carboxylic acids is 1. The number of hydrogen-bond donors (Lipinski definition) is 1. The van der Waals surface area contributed by atoms with Crippen LogP contribution in [0.4, 0.5) is 0 Å². The Labute approximate surface area is 124 Å². The molecule has 0 aliphatic carbocycles. The quantitative estimate of drug-likeness (QED) is 0.887. The van der Waals surface area contributed by atoms with Crippen molar-refractivity contribution < 1.29 is 4.79 Å². The highest BCUT2D eigenvalue weighted by atomic mass is 32.1. The minimum Gasteiger partial charge on any atom is -0.341 e. The van der Waals surface area contributed by atoms with Crippen LogP contribution in [0.15, 0.2) is 47.8 Å². The monoisotopic (exact) mass is 288 g/mol. The van der Waals surface area contributed by atoms with Crippen LogP contribution >= 0.6 is 11.3 Å². The highest BCUT2D eigenvalue weighted by molar-refractivity contribution is 7.09. The molecule has 3 nitrogen and oxygen atoms in total. The van der Waals surface area contributed by atoms with Gasteiger partial charge in [0.1, 0.15) is 0 Å². The molecule has 1 aromatic heterocycles. The Hall–Kier alpha value is -1.65. The molecule has 2 rings (SSSR count). The van der Waals surface area contributed by atoms with Crippen LogP contribution in [-0.4, -0.2) is 17.9 Å². The zero-order chi connectivity index (χ0) is 14.4. The molecule has 2 N–H and O–H groups in total. The molecule has 1 atom stereocenters. The number of amides is 1. The summed E-state index contributed by atoms with van der Waals surface area (Å²) in [6.45, 7) is 0.678. The first-order valence-corrected chi connectivity index (χ1v) is 7.61. The van der Waals surface area contributed by atoms with Crippen LogP contribution < -0.4 is 5.73 Å². The van der Waals surface area contributed by atoms with Crippen LogP contribution in [0, 0.1) is 0 Å². The van der Waals surface area contributed by atoms with Gasteiger partial charge in [0, 0.05) is 24.4 Å². The summed E-state index contributed by atoms with van der Waals surface area (Å²) in [6.07, 6.45) is 1.16. The van der Waals surface area contributed by atoms with E-state index < -0.39 is 0 Å². The number of thiophene rings is 1. The Kier molecular flexibility index (Phi) is 5.32. The second kappa shape index (κ2) is 7.22. The summed E-state index contributed by atoms with van der Waals surface area (Å²) in [7, 11) is 1.84. The van der Waals surface area contributed by atoms with E-state index in [9.17, 15) is 4.79 Å². The summed E-state index contributed by atoms with van der Waals surface area (Å²) in [5.74, 6) is 0.143. The van der Waals surface area contributed by atoms with Crippen molar-refractivity contribution in [1.82, 2.24) is 4.90 Å². The van der Waals surface area contributed by atoms with E-state index in [1.807, 2.05) is 54.9 Å². The Morgan fingerprint density at radius 2 is 2.00 bits per heavy atom. The summed E-state index contributed by atoms with van der Waals surface area (Å²) in [5.41, 5.74) is 7.20. The van der Waals surface area contributed by atoms with Crippen LogP contribution in [-0.2, 0) is 11.3 Å². The lowest BCUT2D eigenvalue weighted by Gasteiger charge is -2.18. The second-order valence-electron chi connectivity index (χ2n) is 4.89. The van der Waals surface area contributed by atoms with Crippen molar-refractivity contribution in [2.24, 2.45) is 5.73 Å². The first-order valence-electron chi connectivity index (χ1n) is 6.73. The fraction of sp³-hybridized carbons (Fsp3) is 0.312. The van der Waals surface area contributed by atoms with Crippen molar-refractivity contribution in [3.63, 3.8) is 0 Å². The Morgan fingerprint density at radius 3 is 2.65 bits per heavy atom. The van der Waals surface area contributed by atoms with Crippen LogP contribution in [0.2, 0.25) is 0 Å². The molecule has 0 aliphatic heterocycles. The van der Waals surface area contributed by atoms with E-state index >= 15 is 0 Å². The first kappa shape index (κ1) is 14.8. The van der Waals surface area contributed by atoms with E-state index in [4.69, 9.17) is 5.73 Å². The molecule has 4 heteroatoms. The molecular weight excluding hydrogens is 268 g/mol. The van der Waals surface area contributed by atoms with Gasteiger partial charge < -0.3 is 10.6 Å². The van der Waals surface area contributed by atoms with Crippen molar-refractivity contribution in [1.29, 1.82) is 0 Å². The maximum absolute atomic E-state index is 12.1. The molecule has 0 spiro atoms. The molecule has 2 aromatic rings. The molecule has 0 saturated carbocycles. The summed E-state index contributed by atoms with van der Waals surface area (Å²) in [4.78, 5) is 15.0. The molecule has 0 radical (unpaired) electrons. The number of rotatable bonds is 6. The maximum atomic E-state index is 12.1. The number of nitrogens with zero attached hydrogens (tertiary/aromatic N) is 1. The summed E-state index contributed by atoms with van der Waals surface area (Å²) in [6, 6.07) is 13.9. The van der Waals surface area contributed by atoms with Gasteiger partial charge in [-0.1, -0.05) is 36.4 Å². The Morgan fingerprint density at radius 1 is 1.25 bits per heavy atom.